The summed E-state index contributed by atoms with van der Waals surface area (Å²) in [5.41, 5.74) is 1.86. The van der Waals surface area contributed by atoms with Crippen LogP contribution in [0.1, 0.15) is 30.7 Å². The summed E-state index contributed by atoms with van der Waals surface area (Å²) >= 11 is 0. The number of aromatic hydroxyl groups is 1. The molecular weight excluding hydrogens is 206 g/mol. The minimum Gasteiger partial charge on any atom is -0.508 e. The molecule has 0 spiro atoms. The summed E-state index contributed by atoms with van der Waals surface area (Å²) in [6.45, 7) is 0.855. The zero-order chi connectivity index (χ0) is 11.5. The molecule has 16 heavy (non-hydrogen) atoms. The van der Waals surface area contributed by atoms with Crippen LogP contribution in [0.5, 0.6) is 5.75 Å². The molecule has 1 atom stereocenters. The lowest BCUT2D eigenvalue weighted by Crippen LogP contribution is -2.06. The zero-order valence-corrected chi connectivity index (χ0v) is 8.94. The quantitative estimate of drug-likeness (QED) is 0.669. The van der Waals surface area contributed by atoms with Crippen LogP contribution in [-0.2, 0) is 4.79 Å². The number of phenolic OH excluding ortho intramolecular Hbond substituents is 1. The zero-order valence-electron chi connectivity index (χ0n) is 8.94. The first-order chi connectivity index (χ1) is 7.66. The molecule has 1 aromatic carbocycles. The molecule has 1 aliphatic heterocycles. The molecule has 2 rings (SSSR count). The van der Waals surface area contributed by atoms with Crippen molar-refractivity contribution >= 4 is 11.7 Å². The van der Waals surface area contributed by atoms with Gasteiger partial charge >= 0.3 is 5.97 Å². The number of benzene rings is 1. The van der Waals surface area contributed by atoms with Crippen LogP contribution in [0.15, 0.2) is 18.2 Å². The van der Waals surface area contributed by atoms with Crippen LogP contribution in [-0.4, -0.2) is 22.7 Å². The van der Waals surface area contributed by atoms with Gasteiger partial charge in [0.25, 0.3) is 0 Å². The summed E-state index contributed by atoms with van der Waals surface area (Å²) in [4.78, 5) is 10.8. The monoisotopic (exact) mass is 221 g/mol. The van der Waals surface area contributed by atoms with Gasteiger partial charge in [0.2, 0.25) is 0 Å². The summed E-state index contributed by atoms with van der Waals surface area (Å²) in [7, 11) is 0. The van der Waals surface area contributed by atoms with Gasteiger partial charge in [-0.2, -0.15) is 0 Å². The number of rotatable bonds is 2. The van der Waals surface area contributed by atoms with E-state index in [1.165, 1.54) is 0 Å². The Morgan fingerprint density at radius 2 is 2.31 bits per heavy atom. The van der Waals surface area contributed by atoms with E-state index < -0.39 is 5.97 Å². The van der Waals surface area contributed by atoms with Gasteiger partial charge in [0, 0.05) is 12.2 Å². The first-order valence-corrected chi connectivity index (χ1v) is 5.45. The van der Waals surface area contributed by atoms with E-state index in [1.807, 2.05) is 6.07 Å². The number of carbonyl (C=O) groups is 1. The van der Waals surface area contributed by atoms with E-state index in [2.05, 4.69) is 5.32 Å². The standard InChI is InChI=1S/C12H15NO3/c14-9-3-4-11-10(7-9)8(6-12(15)16)2-1-5-13-11/h3-4,7-8,13-14H,1-2,5-6H2,(H,15,16). The number of carboxylic acid groups (broad SMARTS) is 1. The molecular formula is C12H15NO3. The molecule has 0 radical (unpaired) electrons. The van der Waals surface area contributed by atoms with Gasteiger partial charge in [0.1, 0.15) is 5.75 Å². The fourth-order valence-corrected chi connectivity index (χ4v) is 2.20. The number of fused-ring (bicyclic) bond motifs is 1. The number of carboxylic acids is 1. The summed E-state index contributed by atoms with van der Waals surface area (Å²) in [5, 5.41) is 21.6. The van der Waals surface area contributed by atoms with Crippen molar-refractivity contribution in [3.8, 4) is 5.75 Å². The van der Waals surface area contributed by atoms with E-state index in [0.717, 1.165) is 30.6 Å². The third-order valence-corrected chi connectivity index (χ3v) is 2.94. The Balaban J connectivity index is 2.34. The smallest absolute Gasteiger partial charge is 0.303 e. The van der Waals surface area contributed by atoms with Gasteiger partial charge < -0.3 is 15.5 Å². The van der Waals surface area contributed by atoms with E-state index >= 15 is 0 Å². The fraction of sp³-hybridized carbons (Fsp3) is 0.417. The molecule has 0 amide bonds. The highest BCUT2D eigenvalue weighted by molar-refractivity contribution is 5.69. The molecule has 1 heterocycles. The molecule has 0 aromatic heterocycles. The van der Waals surface area contributed by atoms with Gasteiger partial charge in [-0.1, -0.05) is 0 Å². The normalized spacial score (nSPS) is 19.4. The number of anilines is 1. The summed E-state index contributed by atoms with van der Waals surface area (Å²) in [6.07, 6.45) is 1.92. The second kappa shape index (κ2) is 4.43. The first kappa shape index (κ1) is 10.8. The van der Waals surface area contributed by atoms with Gasteiger partial charge in [-0.05, 0) is 42.5 Å². The first-order valence-electron chi connectivity index (χ1n) is 5.45. The number of nitrogens with one attached hydrogen (secondary N) is 1. The van der Waals surface area contributed by atoms with Crippen molar-refractivity contribution in [1.29, 1.82) is 0 Å². The third kappa shape index (κ3) is 2.27. The molecule has 1 aliphatic rings. The Bertz CT molecular complexity index is 403. The van der Waals surface area contributed by atoms with Crippen LogP contribution in [0.25, 0.3) is 0 Å². The maximum atomic E-state index is 10.8. The van der Waals surface area contributed by atoms with Crippen molar-refractivity contribution < 1.29 is 15.0 Å². The Morgan fingerprint density at radius 1 is 1.50 bits per heavy atom. The molecule has 0 saturated heterocycles. The van der Waals surface area contributed by atoms with Gasteiger partial charge in [0.05, 0.1) is 6.42 Å². The summed E-state index contributed by atoms with van der Waals surface area (Å²) in [6, 6.07) is 5.10. The van der Waals surface area contributed by atoms with E-state index in [0.29, 0.717) is 0 Å². The second-order valence-corrected chi connectivity index (χ2v) is 4.14. The van der Waals surface area contributed by atoms with Crippen molar-refractivity contribution in [1.82, 2.24) is 0 Å². The minimum absolute atomic E-state index is 0.00500. The van der Waals surface area contributed by atoms with E-state index in [-0.39, 0.29) is 18.1 Å². The maximum Gasteiger partial charge on any atom is 0.303 e. The summed E-state index contributed by atoms with van der Waals surface area (Å²) < 4.78 is 0. The molecule has 0 saturated carbocycles. The predicted molar refractivity (Wildman–Crippen MR) is 60.8 cm³/mol. The molecule has 0 fully saturated rings. The SMILES string of the molecule is O=C(O)CC1CCCNc2ccc(O)cc21. The molecule has 1 aromatic rings. The Hall–Kier alpha value is -1.71. The molecule has 3 N–H and O–H groups in total. The van der Waals surface area contributed by atoms with Crippen LogP contribution in [0.2, 0.25) is 0 Å². The lowest BCUT2D eigenvalue weighted by molar-refractivity contribution is -0.137. The molecule has 4 nitrogen and oxygen atoms in total. The number of phenols is 1. The largest absolute Gasteiger partial charge is 0.508 e. The van der Waals surface area contributed by atoms with Crippen molar-refractivity contribution in [3.05, 3.63) is 23.8 Å². The number of aliphatic carboxylic acids is 1. The van der Waals surface area contributed by atoms with Crippen molar-refractivity contribution in [3.63, 3.8) is 0 Å². The van der Waals surface area contributed by atoms with Crippen LogP contribution in [0.4, 0.5) is 5.69 Å². The summed E-state index contributed by atoms with van der Waals surface area (Å²) in [5.74, 6) is -0.603. The Labute approximate surface area is 93.9 Å². The second-order valence-electron chi connectivity index (χ2n) is 4.14. The Morgan fingerprint density at radius 3 is 3.06 bits per heavy atom. The molecule has 1 unspecified atom stereocenters. The molecule has 0 bridgehead atoms. The minimum atomic E-state index is -0.791. The highest BCUT2D eigenvalue weighted by Gasteiger charge is 2.21. The highest BCUT2D eigenvalue weighted by atomic mass is 16.4. The van der Waals surface area contributed by atoms with Gasteiger partial charge in [-0.25, -0.2) is 0 Å². The molecule has 4 heteroatoms. The third-order valence-electron chi connectivity index (χ3n) is 2.94. The number of hydrogen-bond donors (Lipinski definition) is 3. The van der Waals surface area contributed by atoms with E-state index in [1.54, 1.807) is 12.1 Å². The van der Waals surface area contributed by atoms with Crippen molar-refractivity contribution in [2.75, 3.05) is 11.9 Å². The van der Waals surface area contributed by atoms with Crippen LogP contribution >= 0.6 is 0 Å². The van der Waals surface area contributed by atoms with Crippen LogP contribution < -0.4 is 5.32 Å². The van der Waals surface area contributed by atoms with Crippen molar-refractivity contribution in [2.45, 2.75) is 25.2 Å². The van der Waals surface area contributed by atoms with E-state index in [4.69, 9.17) is 5.11 Å². The van der Waals surface area contributed by atoms with Gasteiger partial charge in [0.15, 0.2) is 0 Å². The fourth-order valence-electron chi connectivity index (χ4n) is 2.20. The van der Waals surface area contributed by atoms with Gasteiger partial charge in [-0.15, -0.1) is 0 Å². The van der Waals surface area contributed by atoms with Gasteiger partial charge in [-0.3, -0.25) is 4.79 Å². The van der Waals surface area contributed by atoms with E-state index in [9.17, 15) is 9.90 Å². The maximum absolute atomic E-state index is 10.8. The Kier molecular flexibility index (Phi) is 2.99. The molecule has 0 aliphatic carbocycles. The van der Waals surface area contributed by atoms with Crippen molar-refractivity contribution in [2.24, 2.45) is 0 Å². The lowest BCUT2D eigenvalue weighted by Gasteiger charge is -2.15. The average Bonchev–Trinajstić information content (AvgIpc) is 2.41. The average molecular weight is 221 g/mol. The van der Waals surface area contributed by atoms with Crippen LogP contribution in [0.3, 0.4) is 0 Å². The number of hydrogen-bond acceptors (Lipinski definition) is 3. The lowest BCUT2D eigenvalue weighted by atomic mass is 9.91. The highest BCUT2D eigenvalue weighted by Crippen LogP contribution is 2.35. The topological polar surface area (TPSA) is 69.6 Å². The predicted octanol–water partition coefficient (Wildman–Crippen LogP) is 2.16. The van der Waals surface area contributed by atoms with Crippen LogP contribution in [0, 0.1) is 0 Å². The molecule has 86 valence electrons.